The fourth-order valence-corrected chi connectivity index (χ4v) is 9.75. The number of aromatic nitrogens is 4. The molecule has 3 aromatic carbocycles. The van der Waals surface area contributed by atoms with Gasteiger partial charge in [0, 0.05) is 76.8 Å². The smallest absolute Gasteiger partial charge is 0.404 e. The number of primary amides is 2. The van der Waals surface area contributed by atoms with Crippen molar-refractivity contribution in [2.45, 2.75) is 89.6 Å². The minimum absolute atomic E-state index is 0.177. The number of nitrogens with zero attached hydrogens (tertiary/aromatic N) is 3. The highest BCUT2D eigenvalue weighted by atomic mass is 35.5. The van der Waals surface area contributed by atoms with Crippen LogP contribution in [0.3, 0.4) is 0 Å². The Morgan fingerprint density at radius 2 is 1.33 bits per heavy atom. The molecule has 4 heterocycles. The van der Waals surface area contributed by atoms with Gasteiger partial charge in [0.1, 0.15) is 22.5 Å². The van der Waals surface area contributed by atoms with Crippen LogP contribution in [0.2, 0.25) is 5.15 Å². The van der Waals surface area contributed by atoms with E-state index >= 15 is 0 Å². The minimum Gasteiger partial charge on any atom is -0.453 e. The van der Waals surface area contributed by atoms with Gasteiger partial charge in [-0.3, -0.25) is 9.59 Å². The molecule has 360 valence electrons. The highest BCUT2D eigenvalue weighted by Gasteiger charge is 2.47. The Kier molecular flexibility index (Phi) is 16.8. The van der Waals surface area contributed by atoms with E-state index < -0.39 is 12.2 Å². The van der Waals surface area contributed by atoms with Crippen molar-refractivity contribution >= 4 is 57.4 Å². The molecule has 2 saturated heterocycles. The van der Waals surface area contributed by atoms with Crippen molar-refractivity contribution < 1.29 is 38.1 Å². The molecule has 16 nitrogen and oxygen atoms in total. The Labute approximate surface area is 396 Å². The Hall–Kier alpha value is -5.71. The molecule has 4 amide bonds. The van der Waals surface area contributed by atoms with Gasteiger partial charge < -0.3 is 50.6 Å². The maximum atomic E-state index is 12.9. The molecule has 4 aliphatic rings. The number of aryl methyl sites for hydroxylation is 2. The van der Waals surface area contributed by atoms with Crippen molar-refractivity contribution in [3.05, 3.63) is 71.4 Å². The lowest BCUT2D eigenvalue weighted by atomic mass is 9.96. The molecular weight excluding hydrogens is 876 g/mol. The summed E-state index contributed by atoms with van der Waals surface area (Å²) in [5, 5.41) is 6.12. The number of amides is 4. The van der Waals surface area contributed by atoms with Crippen molar-refractivity contribution in [2.24, 2.45) is 41.1 Å². The number of ether oxygens (including phenoxy) is 4. The normalized spacial score (nSPS) is 21.3. The first-order chi connectivity index (χ1) is 32.3. The molecule has 5 aromatic rings. The number of fused-ring (bicyclic) bond motifs is 2. The lowest BCUT2D eigenvalue weighted by molar-refractivity contribution is -0.132. The predicted octanol–water partition coefficient (Wildman–Crippen LogP) is 7.95. The molecule has 9 rings (SSSR count). The van der Waals surface area contributed by atoms with Crippen LogP contribution >= 0.6 is 11.6 Å². The molecule has 7 N–H and O–H groups in total. The number of halogens is 1. The van der Waals surface area contributed by atoms with Crippen LogP contribution in [0.5, 0.6) is 0 Å². The molecule has 0 bridgehead atoms. The van der Waals surface area contributed by atoms with Crippen LogP contribution in [-0.2, 0) is 41.4 Å². The molecule has 0 spiro atoms. The minimum atomic E-state index is -0.745. The van der Waals surface area contributed by atoms with Gasteiger partial charge in [0.2, 0.25) is 11.8 Å². The second kappa shape index (κ2) is 22.9. The fourth-order valence-electron chi connectivity index (χ4n) is 9.49. The van der Waals surface area contributed by atoms with Gasteiger partial charge in [-0.15, -0.1) is 0 Å². The second-order valence-corrected chi connectivity index (χ2v) is 18.7. The maximum Gasteiger partial charge on any atom is 0.404 e. The first-order valence-electron chi connectivity index (χ1n) is 23.4. The summed E-state index contributed by atoms with van der Waals surface area (Å²) in [6.45, 7) is 5.33. The third-order valence-corrected chi connectivity index (χ3v) is 14.1. The van der Waals surface area contributed by atoms with E-state index in [0.29, 0.717) is 53.6 Å². The monoisotopic (exact) mass is 940 g/mol. The number of aromatic amines is 2. The summed E-state index contributed by atoms with van der Waals surface area (Å²) in [4.78, 5) is 63.0. The van der Waals surface area contributed by atoms with E-state index in [-0.39, 0.29) is 17.9 Å². The van der Waals surface area contributed by atoms with Crippen molar-refractivity contribution in [2.75, 3.05) is 47.7 Å². The van der Waals surface area contributed by atoms with Gasteiger partial charge in [0.05, 0.1) is 25.3 Å². The summed E-state index contributed by atoms with van der Waals surface area (Å²) in [6, 6.07) is 20.0. The number of methoxy groups -OCH3 is 2. The second-order valence-electron chi connectivity index (χ2n) is 18.4. The molecule has 2 saturated carbocycles. The Balaban J connectivity index is 0.000000605. The van der Waals surface area contributed by atoms with Gasteiger partial charge in [-0.05, 0) is 121 Å². The number of nitrogens with one attached hydrogen (secondary N) is 3. The predicted molar refractivity (Wildman–Crippen MR) is 257 cm³/mol. The Morgan fingerprint density at radius 1 is 0.776 bits per heavy atom. The van der Waals surface area contributed by atoms with E-state index in [4.69, 9.17) is 31.0 Å². The number of H-pyrrole nitrogens is 2. The van der Waals surface area contributed by atoms with Gasteiger partial charge in [-0.1, -0.05) is 48.9 Å². The third-order valence-electron chi connectivity index (χ3n) is 13.8. The van der Waals surface area contributed by atoms with E-state index in [2.05, 4.69) is 97.7 Å². The quantitative estimate of drug-likeness (QED) is 0.0721. The van der Waals surface area contributed by atoms with Crippen LogP contribution in [0.4, 0.5) is 9.59 Å². The molecule has 5 unspecified atom stereocenters. The topological polar surface area (TPSA) is 230 Å². The first kappa shape index (κ1) is 49.2. The Morgan fingerprint density at radius 3 is 1.97 bits per heavy atom. The summed E-state index contributed by atoms with van der Waals surface area (Å²) in [5.74, 6) is 4.73. The highest BCUT2D eigenvalue weighted by Crippen LogP contribution is 2.43. The zero-order valence-corrected chi connectivity index (χ0v) is 39.7. The van der Waals surface area contributed by atoms with E-state index in [9.17, 15) is 19.2 Å². The van der Waals surface area contributed by atoms with Gasteiger partial charge in [0.25, 0.3) is 0 Å². The number of hydrogen-bond acceptors (Lipinski definition) is 10. The average Bonchev–Trinajstić information content (AvgIpc) is 4.12. The number of rotatable bonds is 14. The number of imidazole rings is 2. The van der Waals surface area contributed by atoms with Crippen LogP contribution < -0.4 is 16.8 Å². The van der Waals surface area contributed by atoms with Crippen molar-refractivity contribution in [3.8, 4) is 22.4 Å². The molecular formula is C50H65ClN8O8. The zero-order valence-electron chi connectivity index (χ0n) is 39.0. The van der Waals surface area contributed by atoms with Crippen LogP contribution in [0.1, 0.15) is 76.4 Å². The van der Waals surface area contributed by atoms with Gasteiger partial charge in [-0.2, -0.15) is 0 Å². The molecule has 17 heteroatoms. The lowest BCUT2D eigenvalue weighted by Gasteiger charge is -2.24. The SMILES string of the molecule is CC1C(CCc2nc(-c3ccc4cc(-c5ccc6nc(CCC7CC7N(C)C(=O)CC7CCOCC7)[nH]c6c5)ccc4c3)c(Cl)[nH]2)C1NC(=O)CC1CCOCC1.COC(N)=O.COC(N)=O. The molecule has 2 aromatic heterocycles. The van der Waals surface area contributed by atoms with Gasteiger partial charge in [-0.25, -0.2) is 19.6 Å². The molecule has 2 aliphatic carbocycles. The van der Waals surface area contributed by atoms with Crippen LogP contribution in [0, 0.1) is 29.6 Å². The van der Waals surface area contributed by atoms with Crippen LogP contribution in [0.15, 0.2) is 54.6 Å². The Bertz CT molecular complexity index is 2480. The molecule has 5 atom stereocenters. The van der Waals surface area contributed by atoms with Gasteiger partial charge in [0.15, 0.2) is 0 Å². The molecule has 67 heavy (non-hydrogen) atoms. The van der Waals surface area contributed by atoms with Crippen molar-refractivity contribution in [1.82, 2.24) is 30.2 Å². The summed E-state index contributed by atoms with van der Waals surface area (Å²) in [7, 11) is 4.43. The lowest BCUT2D eigenvalue weighted by Crippen LogP contribution is -2.32. The molecule has 0 radical (unpaired) electrons. The van der Waals surface area contributed by atoms with Crippen LogP contribution in [0.25, 0.3) is 44.2 Å². The maximum absolute atomic E-state index is 12.9. The molecule has 2 aliphatic heterocycles. The average molecular weight is 942 g/mol. The van der Waals surface area contributed by atoms with E-state index in [1.54, 1.807) is 0 Å². The zero-order chi connectivity index (χ0) is 47.6. The fraction of sp³-hybridized carbons (Fsp3) is 0.520. The van der Waals surface area contributed by atoms with E-state index in [1.165, 1.54) is 14.2 Å². The number of carbonyl (C=O) groups is 4. The summed E-state index contributed by atoms with van der Waals surface area (Å²) < 4.78 is 18.7. The third kappa shape index (κ3) is 13.5. The summed E-state index contributed by atoms with van der Waals surface area (Å²) >= 11 is 6.72. The number of carbonyl (C=O) groups excluding carboxylic acids is 4. The number of hydrogen-bond donors (Lipinski definition) is 5. The number of nitrogens with two attached hydrogens (primary N) is 2. The molecule has 4 fully saturated rings. The largest absolute Gasteiger partial charge is 0.453 e. The van der Waals surface area contributed by atoms with Crippen molar-refractivity contribution in [3.63, 3.8) is 0 Å². The number of benzene rings is 3. The standard InChI is InChI=1S/C46H55ClN6O4.2C2H5NO2/c1-27-36(44(27)52-42(54)21-28-13-17-56-18-14-28)9-12-41-50-45(46(47)51-41)35-6-5-30-23-31(3-4-32(30)24-35)33-7-10-37-38(25-33)49-40(48-37)11-8-34-26-39(34)53(2)43(55)22-29-15-19-57-20-16-29;2*1-5-2(3)4/h3-7,10,23-25,27-29,34,36,39,44H,8-9,11-22,26H2,1-2H3,(H,48,49)(H,50,51)(H,52,54);2*1H3,(H2,3,4). The summed E-state index contributed by atoms with van der Waals surface area (Å²) in [6.07, 6.45) is 8.46. The van der Waals surface area contributed by atoms with Crippen LogP contribution in [-0.4, -0.2) is 109 Å². The highest BCUT2D eigenvalue weighted by molar-refractivity contribution is 6.32. The summed E-state index contributed by atoms with van der Waals surface area (Å²) in [5.41, 5.74) is 14.9. The van der Waals surface area contributed by atoms with Crippen molar-refractivity contribution in [1.29, 1.82) is 0 Å². The van der Waals surface area contributed by atoms with E-state index in [0.717, 1.165) is 140 Å². The van der Waals surface area contributed by atoms with E-state index in [1.807, 2.05) is 11.9 Å². The first-order valence-corrected chi connectivity index (χ1v) is 23.8. The van der Waals surface area contributed by atoms with Gasteiger partial charge >= 0.3 is 12.2 Å².